The third kappa shape index (κ3) is 72.6. The number of unbranched alkanes of at least 4 members (excludes halogenated alkanes) is 12. The highest BCUT2D eigenvalue weighted by Gasteiger charge is 2.14. The number of ether oxygens (including phenoxy) is 12. The Morgan fingerprint density at radius 3 is 0.745 bits per heavy atom. The molecule has 0 bridgehead atoms. The Balaban J connectivity index is 4.34. The molecule has 0 aromatic carbocycles. The van der Waals surface area contributed by atoms with E-state index in [9.17, 15) is 43.2 Å². The zero-order chi connectivity index (χ0) is 68.7. The van der Waals surface area contributed by atoms with Crippen molar-refractivity contribution in [2.75, 3.05) is 191 Å². The van der Waals surface area contributed by atoms with Crippen molar-refractivity contribution in [3.63, 3.8) is 0 Å². The first-order valence-corrected chi connectivity index (χ1v) is 34.0. The van der Waals surface area contributed by atoms with Crippen LogP contribution in [0.3, 0.4) is 0 Å². The molecule has 30 heteroatoms. The van der Waals surface area contributed by atoms with E-state index in [1.165, 1.54) is 0 Å². The van der Waals surface area contributed by atoms with Gasteiger partial charge in [-0.15, -0.1) is 0 Å². The lowest BCUT2D eigenvalue weighted by Gasteiger charge is -2.18. The number of hydrogen-bond donors (Lipinski definition) is 9. The van der Waals surface area contributed by atoms with Crippen LogP contribution in [-0.4, -0.2) is 266 Å². The van der Waals surface area contributed by atoms with Gasteiger partial charge in [0.25, 0.3) is 0 Å². The van der Waals surface area contributed by atoms with Gasteiger partial charge in [-0.05, 0) is 44.9 Å². The number of rotatable bonds is 75. The van der Waals surface area contributed by atoms with Crippen LogP contribution in [0.1, 0.15) is 161 Å². The molecule has 1 unspecified atom stereocenters. The van der Waals surface area contributed by atoms with Gasteiger partial charge in [-0.3, -0.25) is 43.2 Å². The number of carbonyl (C=O) groups is 9. The molecule has 6 amide bonds. The van der Waals surface area contributed by atoms with Crippen LogP contribution in [0.5, 0.6) is 0 Å². The molecule has 0 spiro atoms. The molecular weight excluding hydrogens is 1240 g/mol. The number of hydrogen-bond acceptors (Lipinski definition) is 21. The standard InChI is InChI=1S/C64H118N6O24/c71-56(65-26-13-7-1-4-10-16-62(77)78)21-34-84-42-48-90-51-45-87-39-29-68-59(74)20-33-83-32-19-55(94-38-25-61(76)70-31-41-89-47-53-92-50-44-86-36-23-58(73)67-28-15-9-3-6-12-18-64(81)82)54-93-37-24-60(75)69-30-40-88-46-52-91-49-43-85-35-22-57(72)66-27-14-8-2-5-11-17-63(79)80/h55H,1-54H2,(H,65,71)(H,66,72)(H,67,73)(H,68,74)(H,69,75)(H,70,76)(H,77,78)(H,79,80)(H,81,82). The molecule has 1 atom stereocenters. The first kappa shape index (κ1) is 88.8. The van der Waals surface area contributed by atoms with Crippen LogP contribution in [0.4, 0.5) is 0 Å². The first-order valence-electron chi connectivity index (χ1n) is 34.0. The predicted octanol–water partition coefficient (Wildman–Crippen LogP) is 3.26. The van der Waals surface area contributed by atoms with Crippen molar-refractivity contribution in [1.82, 2.24) is 31.9 Å². The second kappa shape index (κ2) is 70.5. The average molecular weight is 1360 g/mol. The van der Waals surface area contributed by atoms with Gasteiger partial charge in [-0.2, -0.15) is 0 Å². The van der Waals surface area contributed by atoms with Crippen molar-refractivity contribution in [3.8, 4) is 0 Å². The van der Waals surface area contributed by atoms with Crippen LogP contribution < -0.4 is 31.9 Å². The highest BCUT2D eigenvalue weighted by Crippen LogP contribution is 2.08. The van der Waals surface area contributed by atoms with Crippen LogP contribution in [0.15, 0.2) is 0 Å². The summed E-state index contributed by atoms with van der Waals surface area (Å²) in [4.78, 5) is 105. The maximum absolute atomic E-state index is 12.6. The Hall–Kier alpha value is -5.25. The summed E-state index contributed by atoms with van der Waals surface area (Å²) in [6.07, 6.45) is 14.4. The molecule has 0 rings (SSSR count). The molecule has 0 aliphatic rings. The van der Waals surface area contributed by atoms with E-state index < -0.39 is 24.0 Å². The molecule has 0 aliphatic carbocycles. The molecule has 0 aromatic rings. The maximum atomic E-state index is 12.6. The fourth-order valence-corrected chi connectivity index (χ4v) is 8.31. The van der Waals surface area contributed by atoms with Gasteiger partial charge in [-0.1, -0.05) is 57.8 Å². The fraction of sp³-hybridized carbons (Fsp3) is 0.859. The summed E-state index contributed by atoms with van der Waals surface area (Å²) in [5.41, 5.74) is 0. The Kier molecular flexibility index (Phi) is 66.6. The molecule has 0 aliphatic heterocycles. The molecule has 0 saturated heterocycles. The number of aliphatic carboxylic acids is 3. The minimum absolute atomic E-state index is 0.0781. The normalized spacial score (nSPS) is 11.5. The summed E-state index contributed by atoms with van der Waals surface area (Å²) in [7, 11) is 0. The number of amides is 6. The van der Waals surface area contributed by atoms with Gasteiger partial charge in [0.1, 0.15) is 0 Å². The number of carboxylic acids is 3. The van der Waals surface area contributed by atoms with Gasteiger partial charge < -0.3 is 104 Å². The summed E-state index contributed by atoms with van der Waals surface area (Å²) < 4.78 is 67.0. The van der Waals surface area contributed by atoms with Gasteiger partial charge in [-0.25, -0.2) is 0 Å². The molecule has 0 radical (unpaired) electrons. The highest BCUT2D eigenvalue weighted by molar-refractivity contribution is 5.77. The van der Waals surface area contributed by atoms with Crippen LogP contribution in [0.2, 0.25) is 0 Å². The average Bonchev–Trinajstić information content (AvgIpc) is 3.74. The Labute approximate surface area is 556 Å². The van der Waals surface area contributed by atoms with E-state index in [2.05, 4.69) is 31.9 Å². The summed E-state index contributed by atoms with van der Waals surface area (Å²) in [6, 6.07) is 0. The number of carbonyl (C=O) groups excluding carboxylic acids is 6. The van der Waals surface area contributed by atoms with E-state index in [1.807, 2.05) is 0 Å². The maximum Gasteiger partial charge on any atom is 0.303 e. The lowest BCUT2D eigenvalue weighted by molar-refractivity contribution is -0.138. The minimum atomic E-state index is -0.777. The third-order valence-electron chi connectivity index (χ3n) is 13.5. The first-order chi connectivity index (χ1) is 45.8. The van der Waals surface area contributed by atoms with Crippen LogP contribution in [0, 0.1) is 0 Å². The van der Waals surface area contributed by atoms with Crippen molar-refractivity contribution in [3.05, 3.63) is 0 Å². The van der Waals surface area contributed by atoms with Gasteiger partial charge in [0, 0.05) is 104 Å². The zero-order valence-electron chi connectivity index (χ0n) is 56.2. The number of carboxylic acid groups (broad SMARTS) is 3. The SMILES string of the molecule is O=C(O)CCCCCCCNC(=O)CCOCCOCCOCCNC(=O)CCOCCC(COCCC(=O)NCCOCCOCCOCCC(=O)NCCCCCCCC(=O)O)OCCC(=O)NCCOCCOCCOCCC(=O)NCCCCCCCC(=O)O. The van der Waals surface area contributed by atoms with Crippen molar-refractivity contribution in [2.45, 2.75) is 167 Å². The molecular formula is C64H118N6O24. The molecule has 548 valence electrons. The molecule has 0 saturated carbocycles. The van der Waals surface area contributed by atoms with Crippen LogP contribution in [0.25, 0.3) is 0 Å². The molecule has 30 nitrogen and oxygen atoms in total. The third-order valence-corrected chi connectivity index (χ3v) is 13.5. The van der Waals surface area contributed by atoms with Crippen molar-refractivity contribution in [2.24, 2.45) is 0 Å². The van der Waals surface area contributed by atoms with E-state index in [0.29, 0.717) is 144 Å². The summed E-state index contributed by atoms with van der Waals surface area (Å²) in [5.74, 6) is -3.23. The minimum Gasteiger partial charge on any atom is -0.481 e. The van der Waals surface area contributed by atoms with Gasteiger partial charge in [0.2, 0.25) is 35.4 Å². The zero-order valence-corrected chi connectivity index (χ0v) is 56.2. The largest absolute Gasteiger partial charge is 0.481 e. The molecule has 0 aromatic heterocycles. The topological polar surface area (TPSA) is 397 Å². The van der Waals surface area contributed by atoms with Crippen LogP contribution in [-0.2, 0) is 100.0 Å². The molecule has 0 heterocycles. The monoisotopic (exact) mass is 1350 g/mol. The van der Waals surface area contributed by atoms with E-state index >= 15 is 0 Å². The summed E-state index contributed by atoms with van der Waals surface area (Å²) in [5, 5.41) is 43.0. The quantitative estimate of drug-likeness (QED) is 0.0395. The highest BCUT2D eigenvalue weighted by atomic mass is 16.6. The van der Waals surface area contributed by atoms with Gasteiger partial charge in [0.05, 0.1) is 151 Å². The summed E-state index contributed by atoms with van der Waals surface area (Å²) >= 11 is 0. The van der Waals surface area contributed by atoms with Crippen molar-refractivity contribution in [1.29, 1.82) is 0 Å². The van der Waals surface area contributed by atoms with Gasteiger partial charge >= 0.3 is 17.9 Å². The second-order valence-electron chi connectivity index (χ2n) is 21.8. The predicted molar refractivity (Wildman–Crippen MR) is 345 cm³/mol. The second-order valence-corrected chi connectivity index (χ2v) is 21.8. The van der Waals surface area contributed by atoms with Gasteiger partial charge in [0.15, 0.2) is 0 Å². The lowest BCUT2D eigenvalue weighted by Crippen LogP contribution is -2.31. The van der Waals surface area contributed by atoms with E-state index in [4.69, 9.17) is 72.2 Å². The van der Waals surface area contributed by atoms with E-state index in [-0.39, 0.29) is 166 Å². The van der Waals surface area contributed by atoms with Crippen molar-refractivity contribution < 1.29 is 115 Å². The molecule has 0 fully saturated rings. The Morgan fingerprint density at radius 2 is 0.447 bits per heavy atom. The van der Waals surface area contributed by atoms with Crippen LogP contribution >= 0.6 is 0 Å². The number of nitrogens with one attached hydrogen (secondary N) is 6. The van der Waals surface area contributed by atoms with E-state index in [0.717, 1.165) is 77.0 Å². The Morgan fingerprint density at radius 1 is 0.223 bits per heavy atom. The van der Waals surface area contributed by atoms with Crippen molar-refractivity contribution >= 4 is 53.4 Å². The van der Waals surface area contributed by atoms with E-state index in [1.54, 1.807) is 0 Å². The lowest BCUT2D eigenvalue weighted by atomic mass is 10.1. The summed E-state index contributed by atoms with van der Waals surface area (Å²) in [6.45, 7) is 9.12. The molecule has 94 heavy (non-hydrogen) atoms. The Bertz CT molecular complexity index is 1880. The molecule has 9 N–H and O–H groups in total. The smallest absolute Gasteiger partial charge is 0.303 e. The fourth-order valence-electron chi connectivity index (χ4n) is 8.31.